The van der Waals surface area contributed by atoms with Crippen LogP contribution in [0.4, 0.5) is 0 Å². The lowest BCUT2D eigenvalue weighted by molar-refractivity contribution is -0.142. The van der Waals surface area contributed by atoms with Crippen LogP contribution in [0.5, 0.6) is 0 Å². The third-order valence-electron chi connectivity index (χ3n) is 5.87. The zero-order valence-corrected chi connectivity index (χ0v) is 13.5. The lowest BCUT2D eigenvalue weighted by Crippen LogP contribution is -2.38. The van der Waals surface area contributed by atoms with Gasteiger partial charge >= 0.3 is 5.97 Å². The molecule has 0 unspecified atom stereocenters. The van der Waals surface area contributed by atoms with Gasteiger partial charge in [0.25, 0.3) is 0 Å². The van der Waals surface area contributed by atoms with Gasteiger partial charge in [-0.05, 0) is 62.5 Å². The van der Waals surface area contributed by atoms with Crippen molar-refractivity contribution >= 4 is 23.1 Å². The second-order valence-electron chi connectivity index (χ2n) is 7.15. The Balaban J connectivity index is 1.46. The summed E-state index contributed by atoms with van der Waals surface area (Å²) in [6.45, 7) is 0.579. The van der Waals surface area contributed by atoms with E-state index < -0.39 is 0 Å². The standard InChI is InChI=1S/C19H21ClO2/c20-16-3-1-2-14-4-5-15(17(14)16)18(21)22-12-19-9-6-13(7-10-19)8-11-19/h1-3,5,13H,4,6-12H2. The van der Waals surface area contributed by atoms with Gasteiger partial charge in [0.15, 0.2) is 0 Å². The van der Waals surface area contributed by atoms with Crippen molar-refractivity contribution in [2.24, 2.45) is 11.3 Å². The molecule has 0 aliphatic heterocycles. The van der Waals surface area contributed by atoms with Gasteiger partial charge in [-0.15, -0.1) is 0 Å². The fourth-order valence-corrected chi connectivity index (χ4v) is 4.69. The van der Waals surface area contributed by atoms with E-state index in [2.05, 4.69) is 0 Å². The maximum Gasteiger partial charge on any atom is 0.338 e. The molecule has 22 heavy (non-hydrogen) atoms. The first-order valence-corrected chi connectivity index (χ1v) is 8.70. The SMILES string of the molecule is O=C(OCC12CCC(CC1)CC2)C1=CCc2cccc(Cl)c21. The monoisotopic (exact) mass is 316 g/mol. The van der Waals surface area contributed by atoms with Crippen molar-refractivity contribution in [3.05, 3.63) is 40.4 Å². The third kappa shape index (κ3) is 2.38. The average molecular weight is 317 g/mol. The molecule has 0 atom stereocenters. The van der Waals surface area contributed by atoms with E-state index in [1.54, 1.807) is 0 Å². The first-order valence-electron chi connectivity index (χ1n) is 8.32. The van der Waals surface area contributed by atoms with Crippen molar-refractivity contribution in [1.29, 1.82) is 0 Å². The minimum atomic E-state index is -0.200. The molecule has 3 saturated carbocycles. The van der Waals surface area contributed by atoms with Crippen LogP contribution in [-0.2, 0) is 16.0 Å². The predicted molar refractivity (Wildman–Crippen MR) is 87.7 cm³/mol. The quantitative estimate of drug-likeness (QED) is 0.749. The first-order chi connectivity index (χ1) is 10.7. The number of benzene rings is 1. The van der Waals surface area contributed by atoms with Crippen LogP contribution < -0.4 is 0 Å². The highest BCUT2D eigenvalue weighted by molar-refractivity contribution is 6.35. The maximum atomic E-state index is 12.5. The number of hydrogen-bond donors (Lipinski definition) is 0. The first kappa shape index (κ1) is 14.3. The lowest BCUT2D eigenvalue weighted by atomic mass is 9.61. The van der Waals surface area contributed by atoms with Crippen LogP contribution in [0.25, 0.3) is 5.57 Å². The Hall–Kier alpha value is -1.28. The minimum Gasteiger partial charge on any atom is -0.461 e. The molecule has 0 spiro atoms. The second kappa shape index (κ2) is 5.42. The van der Waals surface area contributed by atoms with Gasteiger partial charge in [-0.2, -0.15) is 0 Å². The number of esters is 1. The molecule has 5 rings (SSSR count). The maximum absolute atomic E-state index is 12.5. The van der Waals surface area contributed by atoms with Crippen LogP contribution in [0.15, 0.2) is 24.3 Å². The van der Waals surface area contributed by atoms with E-state index in [0.717, 1.165) is 23.5 Å². The van der Waals surface area contributed by atoms with Gasteiger partial charge in [-0.3, -0.25) is 0 Å². The zero-order chi connectivity index (χ0) is 15.2. The van der Waals surface area contributed by atoms with E-state index in [-0.39, 0.29) is 11.4 Å². The van der Waals surface area contributed by atoms with E-state index in [1.165, 1.54) is 38.5 Å². The summed E-state index contributed by atoms with van der Waals surface area (Å²) in [7, 11) is 0. The Morgan fingerprint density at radius 3 is 2.68 bits per heavy atom. The van der Waals surface area contributed by atoms with Crippen molar-refractivity contribution in [2.45, 2.75) is 44.9 Å². The number of carbonyl (C=O) groups excluding carboxylic acids is 1. The van der Waals surface area contributed by atoms with Crippen molar-refractivity contribution < 1.29 is 9.53 Å². The molecule has 116 valence electrons. The molecule has 4 aliphatic rings. The second-order valence-corrected chi connectivity index (χ2v) is 7.56. The molecule has 4 aliphatic carbocycles. The smallest absolute Gasteiger partial charge is 0.338 e. The molecule has 0 N–H and O–H groups in total. The summed E-state index contributed by atoms with van der Waals surface area (Å²) in [4.78, 5) is 12.5. The minimum absolute atomic E-state index is 0.200. The topological polar surface area (TPSA) is 26.3 Å². The number of halogens is 1. The van der Waals surface area contributed by atoms with E-state index in [0.29, 0.717) is 17.2 Å². The highest BCUT2D eigenvalue weighted by atomic mass is 35.5. The van der Waals surface area contributed by atoms with Crippen molar-refractivity contribution in [3.63, 3.8) is 0 Å². The Morgan fingerprint density at radius 1 is 1.23 bits per heavy atom. The zero-order valence-electron chi connectivity index (χ0n) is 12.7. The van der Waals surface area contributed by atoms with Gasteiger partial charge in [-0.1, -0.05) is 29.8 Å². The molecule has 0 heterocycles. The summed E-state index contributed by atoms with van der Waals surface area (Å²) in [5.41, 5.74) is 2.91. The van der Waals surface area contributed by atoms with Crippen LogP contribution >= 0.6 is 11.6 Å². The lowest BCUT2D eigenvalue weighted by Gasteiger charge is -2.46. The molecule has 1 aromatic carbocycles. The van der Waals surface area contributed by atoms with E-state index in [4.69, 9.17) is 16.3 Å². The molecule has 0 aromatic heterocycles. The number of ether oxygens (including phenoxy) is 1. The van der Waals surface area contributed by atoms with Crippen LogP contribution in [0, 0.1) is 11.3 Å². The van der Waals surface area contributed by atoms with Crippen LogP contribution in [-0.4, -0.2) is 12.6 Å². The van der Waals surface area contributed by atoms with Gasteiger partial charge in [0.1, 0.15) is 0 Å². The highest BCUT2D eigenvalue weighted by Crippen LogP contribution is 2.50. The molecular formula is C19H21ClO2. The van der Waals surface area contributed by atoms with E-state index >= 15 is 0 Å². The Morgan fingerprint density at radius 2 is 1.95 bits per heavy atom. The largest absolute Gasteiger partial charge is 0.461 e. The highest BCUT2D eigenvalue weighted by Gasteiger charge is 2.41. The van der Waals surface area contributed by atoms with Crippen molar-refractivity contribution in [2.75, 3.05) is 6.61 Å². The fourth-order valence-electron chi connectivity index (χ4n) is 4.39. The Bertz CT molecular complexity index is 625. The molecule has 2 bridgehead atoms. The predicted octanol–water partition coefficient (Wildman–Crippen LogP) is 4.79. The molecule has 0 amide bonds. The van der Waals surface area contributed by atoms with Gasteiger partial charge in [0.05, 0.1) is 12.2 Å². The van der Waals surface area contributed by atoms with Gasteiger partial charge in [-0.25, -0.2) is 4.79 Å². The van der Waals surface area contributed by atoms with Crippen LogP contribution in [0.1, 0.15) is 49.7 Å². The third-order valence-corrected chi connectivity index (χ3v) is 6.19. The molecule has 2 nitrogen and oxygen atoms in total. The molecule has 3 fully saturated rings. The Labute approximate surface area is 136 Å². The van der Waals surface area contributed by atoms with Crippen LogP contribution in [0.2, 0.25) is 5.02 Å². The van der Waals surface area contributed by atoms with E-state index in [1.807, 2.05) is 24.3 Å². The number of rotatable bonds is 3. The number of allylic oxidation sites excluding steroid dienone is 1. The van der Waals surface area contributed by atoms with E-state index in [9.17, 15) is 4.79 Å². The number of fused-ring (bicyclic) bond motifs is 4. The molecule has 0 radical (unpaired) electrons. The summed E-state index contributed by atoms with van der Waals surface area (Å²) in [5, 5.41) is 0.648. The summed E-state index contributed by atoms with van der Waals surface area (Å²) < 4.78 is 5.73. The van der Waals surface area contributed by atoms with Gasteiger partial charge in [0, 0.05) is 16.0 Å². The summed E-state index contributed by atoms with van der Waals surface area (Å²) in [5.74, 6) is 0.731. The van der Waals surface area contributed by atoms with Crippen molar-refractivity contribution in [1.82, 2.24) is 0 Å². The molecular weight excluding hydrogens is 296 g/mol. The summed E-state index contributed by atoms with van der Waals surface area (Å²) in [6.07, 6.45) is 10.3. The van der Waals surface area contributed by atoms with Gasteiger partial charge < -0.3 is 4.74 Å². The number of carbonyl (C=O) groups is 1. The molecule has 0 saturated heterocycles. The average Bonchev–Trinajstić information content (AvgIpc) is 3.00. The molecule has 3 heteroatoms. The fraction of sp³-hybridized carbons (Fsp3) is 0.526. The summed E-state index contributed by atoms with van der Waals surface area (Å²) in [6, 6.07) is 5.80. The normalized spacial score (nSPS) is 29.1. The number of hydrogen-bond acceptors (Lipinski definition) is 2. The summed E-state index contributed by atoms with van der Waals surface area (Å²) >= 11 is 6.27. The Kier molecular flexibility index (Phi) is 3.53. The van der Waals surface area contributed by atoms with Crippen molar-refractivity contribution in [3.8, 4) is 0 Å². The van der Waals surface area contributed by atoms with Crippen LogP contribution in [0.3, 0.4) is 0 Å². The molecule has 1 aromatic rings. The van der Waals surface area contributed by atoms with Gasteiger partial charge in [0.2, 0.25) is 0 Å².